The fourth-order valence-electron chi connectivity index (χ4n) is 1.20. The first-order valence-corrected chi connectivity index (χ1v) is 6.42. The van der Waals surface area contributed by atoms with Crippen molar-refractivity contribution in [2.45, 2.75) is 32.7 Å². The van der Waals surface area contributed by atoms with Crippen LogP contribution < -0.4 is 5.32 Å². The Labute approximate surface area is 94.7 Å². The number of unbranched alkanes of at least 4 members (excludes halogenated alkanes) is 2. The topological polar surface area (TPSA) is 24.9 Å². The molecule has 0 saturated carbocycles. The molecule has 0 aliphatic heterocycles. The Morgan fingerprint density at radius 2 is 2.29 bits per heavy atom. The molecule has 0 aliphatic rings. The maximum absolute atomic E-state index is 5.58. The average molecular weight is 233 g/mol. The molecule has 14 heavy (non-hydrogen) atoms. The second-order valence-electron chi connectivity index (χ2n) is 3.31. The third-order valence-corrected chi connectivity index (χ3v) is 3.16. The summed E-state index contributed by atoms with van der Waals surface area (Å²) < 4.78 is 0. The minimum absolute atomic E-state index is 0.783. The van der Waals surface area contributed by atoms with Crippen LogP contribution in [0.5, 0.6) is 0 Å². The van der Waals surface area contributed by atoms with Gasteiger partial charge in [0.15, 0.2) is 0 Å². The first-order valence-electron chi connectivity index (χ1n) is 5.00. The summed E-state index contributed by atoms with van der Waals surface area (Å²) >= 11 is 7.31. The zero-order chi connectivity index (χ0) is 10.2. The van der Waals surface area contributed by atoms with Crippen LogP contribution in [0.4, 0.5) is 0 Å². The minimum Gasteiger partial charge on any atom is -0.310 e. The lowest BCUT2D eigenvalue weighted by molar-refractivity contribution is 0.616. The van der Waals surface area contributed by atoms with Crippen LogP contribution in [0.3, 0.4) is 0 Å². The molecule has 1 heterocycles. The van der Waals surface area contributed by atoms with Crippen molar-refractivity contribution in [2.75, 3.05) is 12.4 Å². The molecule has 0 atom stereocenters. The van der Waals surface area contributed by atoms with E-state index in [0.29, 0.717) is 0 Å². The number of aryl methyl sites for hydroxylation is 1. The summed E-state index contributed by atoms with van der Waals surface area (Å²) in [6.07, 6.45) is 3.55. The molecule has 1 N–H and O–H groups in total. The van der Waals surface area contributed by atoms with E-state index in [1.54, 1.807) is 11.3 Å². The molecule has 1 rings (SSSR count). The highest BCUT2D eigenvalue weighted by atomic mass is 35.5. The molecule has 0 unspecified atom stereocenters. The van der Waals surface area contributed by atoms with Gasteiger partial charge in [-0.2, -0.15) is 0 Å². The van der Waals surface area contributed by atoms with Crippen molar-refractivity contribution >= 4 is 22.9 Å². The summed E-state index contributed by atoms with van der Waals surface area (Å²) in [6, 6.07) is 0. The molecule has 0 fully saturated rings. The molecule has 1 aromatic heterocycles. The molecule has 4 heteroatoms. The Morgan fingerprint density at radius 1 is 1.43 bits per heavy atom. The summed E-state index contributed by atoms with van der Waals surface area (Å²) in [4.78, 5) is 4.38. The van der Waals surface area contributed by atoms with E-state index in [4.69, 9.17) is 11.6 Å². The molecule has 1 aromatic rings. The first kappa shape index (κ1) is 12.0. The van der Waals surface area contributed by atoms with Gasteiger partial charge in [0.1, 0.15) is 5.01 Å². The smallest absolute Gasteiger partial charge is 0.107 e. The largest absolute Gasteiger partial charge is 0.310 e. The number of hydrogen-bond donors (Lipinski definition) is 1. The van der Waals surface area contributed by atoms with Gasteiger partial charge in [-0.25, -0.2) is 4.98 Å². The SMILES string of the molecule is Cc1csc(CNCCCCCCl)n1. The van der Waals surface area contributed by atoms with Gasteiger partial charge in [0, 0.05) is 23.5 Å². The molecule has 2 nitrogen and oxygen atoms in total. The van der Waals surface area contributed by atoms with Crippen LogP contribution in [0.1, 0.15) is 30.0 Å². The van der Waals surface area contributed by atoms with Crippen molar-refractivity contribution in [1.29, 1.82) is 0 Å². The number of nitrogens with zero attached hydrogens (tertiary/aromatic N) is 1. The van der Waals surface area contributed by atoms with Gasteiger partial charge in [-0.05, 0) is 26.3 Å². The van der Waals surface area contributed by atoms with E-state index in [1.165, 1.54) is 17.8 Å². The number of aromatic nitrogens is 1. The number of nitrogens with one attached hydrogen (secondary N) is 1. The summed E-state index contributed by atoms with van der Waals surface area (Å²) in [5, 5.41) is 6.65. The molecule has 80 valence electrons. The number of rotatable bonds is 7. The van der Waals surface area contributed by atoms with Gasteiger partial charge >= 0.3 is 0 Å². The van der Waals surface area contributed by atoms with Crippen molar-refractivity contribution in [2.24, 2.45) is 0 Å². The van der Waals surface area contributed by atoms with Crippen molar-refractivity contribution in [3.8, 4) is 0 Å². The van der Waals surface area contributed by atoms with Gasteiger partial charge in [0.2, 0.25) is 0 Å². The number of thiazole rings is 1. The van der Waals surface area contributed by atoms with E-state index in [0.717, 1.165) is 31.1 Å². The molecule has 0 spiro atoms. The summed E-state index contributed by atoms with van der Waals surface area (Å²) in [6.45, 7) is 4.00. The zero-order valence-electron chi connectivity index (χ0n) is 8.55. The quantitative estimate of drug-likeness (QED) is 0.578. The fraction of sp³-hybridized carbons (Fsp3) is 0.700. The Balaban J connectivity index is 1.99. The maximum Gasteiger partial charge on any atom is 0.107 e. The van der Waals surface area contributed by atoms with Gasteiger partial charge in [-0.3, -0.25) is 0 Å². The minimum atomic E-state index is 0.783. The van der Waals surface area contributed by atoms with E-state index < -0.39 is 0 Å². The van der Waals surface area contributed by atoms with Gasteiger partial charge in [0.05, 0.1) is 0 Å². The number of alkyl halides is 1. The molecule has 0 aromatic carbocycles. The Kier molecular flexibility index (Phi) is 6.15. The molecule has 0 saturated heterocycles. The van der Waals surface area contributed by atoms with Crippen molar-refractivity contribution in [1.82, 2.24) is 10.3 Å². The summed E-state index contributed by atoms with van der Waals surface area (Å²) in [5.74, 6) is 0.783. The monoisotopic (exact) mass is 232 g/mol. The van der Waals surface area contributed by atoms with Crippen LogP contribution in [-0.4, -0.2) is 17.4 Å². The van der Waals surface area contributed by atoms with Crippen LogP contribution in [-0.2, 0) is 6.54 Å². The molecule has 0 bridgehead atoms. The van der Waals surface area contributed by atoms with Crippen LogP contribution in [0.25, 0.3) is 0 Å². The second-order valence-corrected chi connectivity index (χ2v) is 4.63. The lowest BCUT2D eigenvalue weighted by Crippen LogP contribution is -2.14. The molecular formula is C10H17ClN2S. The predicted octanol–water partition coefficient (Wildman–Crippen LogP) is 2.95. The third kappa shape index (κ3) is 4.94. The summed E-state index contributed by atoms with van der Waals surface area (Å²) in [5.41, 5.74) is 1.12. The second kappa shape index (κ2) is 7.21. The van der Waals surface area contributed by atoms with Gasteiger partial charge in [-0.15, -0.1) is 22.9 Å². The summed E-state index contributed by atoms with van der Waals surface area (Å²) in [7, 11) is 0. The molecular weight excluding hydrogens is 216 g/mol. The normalized spacial score (nSPS) is 10.7. The van der Waals surface area contributed by atoms with Crippen molar-refractivity contribution in [3.63, 3.8) is 0 Å². The Bertz CT molecular complexity index is 250. The molecule has 0 radical (unpaired) electrons. The van der Waals surface area contributed by atoms with Gasteiger partial charge < -0.3 is 5.32 Å². The zero-order valence-corrected chi connectivity index (χ0v) is 10.1. The van der Waals surface area contributed by atoms with E-state index >= 15 is 0 Å². The average Bonchev–Trinajstić information content (AvgIpc) is 2.58. The van der Waals surface area contributed by atoms with Crippen LogP contribution in [0.2, 0.25) is 0 Å². The lowest BCUT2D eigenvalue weighted by Gasteiger charge is -2.01. The Hall–Kier alpha value is -0.120. The van der Waals surface area contributed by atoms with Crippen LogP contribution >= 0.6 is 22.9 Å². The van der Waals surface area contributed by atoms with Crippen LogP contribution in [0, 0.1) is 6.92 Å². The highest BCUT2D eigenvalue weighted by molar-refractivity contribution is 7.09. The van der Waals surface area contributed by atoms with Crippen molar-refractivity contribution < 1.29 is 0 Å². The highest BCUT2D eigenvalue weighted by Gasteiger charge is 1.96. The first-order chi connectivity index (χ1) is 6.83. The van der Waals surface area contributed by atoms with Crippen LogP contribution in [0.15, 0.2) is 5.38 Å². The van der Waals surface area contributed by atoms with E-state index in [9.17, 15) is 0 Å². The molecule has 0 amide bonds. The Morgan fingerprint density at radius 3 is 2.93 bits per heavy atom. The van der Waals surface area contributed by atoms with E-state index in [-0.39, 0.29) is 0 Å². The lowest BCUT2D eigenvalue weighted by atomic mass is 10.2. The number of hydrogen-bond acceptors (Lipinski definition) is 3. The maximum atomic E-state index is 5.58. The standard InChI is InChI=1S/C10H17ClN2S/c1-9-8-14-10(13-9)7-12-6-4-2-3-5-11/h8,12H,2-7H2,1H3. The van der Waals surface area contributed by atoms with E-state index in [2.05, 4.69) is 15.7 Å². The highest BCUT2D eigenvalue weighted by Crippen LogP contribution is 2.07. The van der Waals surface area contributed by atoms with Gasteiger partial charge in [0.25, 0.3) is 0 Å². The van der Waals surface area contributed by atoms with E-state index in [1.807, 2.05) is 6.92 Å². The van der Waals surface area contributed by atoms with Gasteiger partial charge in [-0.1, -0.05) is 6.42 Å². The molecule has 0 aliphatic carbocycles. The predicted molar refractivity (Wildman–Crippen MR) is 63.1 cm³/mol. The number of halogens is 1. The van der Waals surface area contributed by atoms with Crippen molar-refractivity contribution in [3.05, 3.63) is 16.1 Å². The fourth-order valence-corrected chi connectivity index (χ4v) is 2.13. The third-order valence-electron chi connectivity index (χ3n) is 1.93.